The van der Waals surface area contributed by atoms with Crippen LogP contribution in [0.3, 0.4) is 0 Å². The van der Waals surface area contributed by atoms with Crippen LogP contribution in [0.5, 0.6) is 5.75 Å². The molecule has 3 aromatic rings. The number of aromatic nitrogens is 1. The van der Waals surface area contributed by atoms with Crippen LogP contribution in [0.25, 0.3) is 10.9 Å². The van der Waals surface area contributed by atoms with Crippen molar-refractivity contribution in [2.24, 2.45) is 4.99 Å². The summed E-state index contributed by atoms with van der Waals surface area (Å²) < 4.78 is 5.23. The maximum Gasteiger partial charge on any atom is 0.248 e. The number of rotatable bonds is 2. The van der Waals surface area contributed by atoms with Gasteiger partial charge >= 0.3 is 0 Å². The Labute approximate surface area is 151 Å². The minimum absolute atomic E-state index is 0.102. The third kappa shape index (κ3) is 2.96. The van der Waals surface area contributed by atoms with Crippen LogP contribution in [0.2, 0.25) is 0 Å². The summed E-state index contributed by atoms with van der Waals surface area (Å²) in [5.41, 5.74) is 4.59. The number of aliphatic imine (C=N–C) groups is 1. The number of methoxy groups -OCH3 is 1. The molecule has 4 rings (SSSR count). The number of hydrogen-bond donors (Lipinski definition) is 2. The molecule has 1 aliphatic rings. The van der Waals surface area contributed by atoms with Gasteiger partial charge in [-0.15, -0.1) is 0 Å². The van der Waals surface area contributed by atoms with E-state index in [2.05, 4.69) is 24.1 Å². The van der Waals surface area contributed by atoms with E-state index in [1.54, 1.807) is 13.2 Å². The van der Waals surface area contributed by atoms with Crippen LogP contribution in [0.4, 0.5) is 11.4 Å². The number of ether oxygens (including phenoxy) is 1. The highest BCUT2D eigenvalue weighted by Crippen LogP contribution is 2.36. The number of pyridine rings is 1. The summed E-state index contributed by atoms with van der Waals surface area (Å²) in [6.45, 7) is 4.33. The van der Waals surface area contributed by atoms with Crippen LogP contribution in [0, 0.1) is 0 Å². The van der Waals surface area contributed by atoms with E-state index in [-0.39, 0.29) is 11.1 Å². The highest BCUT2D eigenvalue weighted by Gasteiger charge is 2.30. The second kappa shape index (κ2) is 6.02. The SMILES string of the molecule is COc1ccc(N=C2CC(C)(C)Nc3ccc4[nH]c(=O)ccc4c32)cc1. The van der Waals surface area contributed by atoms with Gasteiger partial charge in [-0.1, -0.05) is 0 Å². The number of nitrogens with zero attached hydrogens (tertiary/aromatic N) is 1. The van der Waals surface area contributed by atoms with Crippen LogP contribution in [0.15, 0.2) is 58.3 Å². The fourth-order valence-electron chi connectivity index (χ4n) is 3.47. The molecule has 0 spiro atoms. The van der Waals surface area contributed by atoms with Gasteiger partial charge in [0.15, 0.2) is 0 Å². The third-order valence-corrected chi connectivity index (χ3v) is 4.61. The Hall–Kier alpha value is -3.08. The van der Waals surface area contributed by atoms with E-state index in [9.17, 15) is 4.79 Å². The fraction of sp³-hybridized carbons (Fsp3) is 0.238. The molecule has 0 bridgehead atoms. The second-order valence-corrected chi connectivity index (χ2v) is 7.21. The van der Waals surface area contributed by atoms with Crippen molar-refractivity contribution in [3.05, 3.63) is 64.4 Å². The van der Waals surface area contributed by atoms with Crippen molar-refractivity contribution >= 4 is 28.0 Å². The summed E-state index contributed by atoms with van der Waals surface area (Å²) in [6.07, 6.45) is 0.782. The molecule has 0 radical (unpaired) electrons. The van der Waals surface area contributed by atoms with Crippen molar-refractivity contribution in [1.29, 1.82) is 0 Å². The van der Waals surface area contributed by atoms with Gasteiger partial charge in [-0.05, 0) is 56.3 Å². The van der Waals surface area contributed by atoms with Crippen LogP contribution >= 0.6 is 0 Å². The van der Waals surface area contributed by atoms with Gasteiger partial charge in [-0.3, -0.25) is 9.79 Å². The predicted octanol–water partition coefficient (Wildman–Crippen LogP) is 4.25. The Morgan fingerprint density at radius 2 is 1.81 bits per heavy atom. The van der Waals surface area contributed by atoms with Crippen molar-refractivity contribution in [3.63, 3.8) is 0 Å². The van der Waals surface area contributed by atoms with E-state index in [1.165, 1.54) is 0 Å². The minimum atomic E-state index is -0.103. The van der Waals surface area contributed by atoms with Crippen LogP contribution in [0.1, 0.15) is 25.8 Å². The Bertz CT molecular complexity index is 1060. The summed E-state index contributed by atoms with van der Waals surface area (Å²) in [4.78, 5) is 19.5. The zero-order valence-electron chi connectivity index (χ0n) is 15.1. The van der Waals surface area contributed by atoms with E-state index in [1.807, 2.05) is 42.5 Å². The highest BCUT2D eigenvalue weighted by atomic mass is 16.5. The normalized spacial score (nSPS) is 17.0. The summed E-state index contributed by atoms with van der Waals surface area (Å²) in [7, 11) is 1.65. The number of anilines is 1. The maximum absolute atomic E-state index is 11.7. The standard InChI is InChI=1S/C21H21N3O2/c1-21(2)12-18(22-13-4-6-14(26-3)7-5-13)20-15-8-11-19(25)23-16(15)9-10-17(20)24-21/h4-11,24H,12H2,1-3H3,(H,23,25). The molecule has 1 aliphatic heterocycles. The molecule has 0 fully saturated rings. The molecule has 1 aromatic heterocycles. The van der Waals surface area contributed by atoms with Gasteiger partial charge in [0.1, 0.15) is 5.75 Å². The largest absolute Gasteiger partial charge is 0.497 e. The fourth-order valence-corrected chi connectivity index (χ4v) is 3.47. The lowest BCUT2D eigenvalue weighted by atomic mass is 9.86. The van der Waals surface area contributed by atoms with Gasteiger partial charge in [0.2, 0.25) is 5.56 Å². The lowest BCUT2D eigenvalue weighted by molar-refractivity contribution is 0.415. The smallest absolute Gasteiger partial charge is 0.248 e. The molecule has 0 unspecified atom stereocenters. The zero-order valence-corrected chi connectivity index (χ0v) is 15.1. The molecule has 5 heteroatoms. The van der Waals surface area contributed by atoms with E-state index in [0.29, 0.717) is 0 Å². The molecular formula is C21H21N3O2. The Morgan fingerprint density at radius 1 is 1.04 bits per heavy atom. The van der Waals surface area contributed by atoms with Gasteiger partial charge in [0.25, 0.3) is 0 Å². The van der Waals surface area contributed by atoms with E-state index in [4.69, 9.17) is 9.73 Å². The minimum Gasteiger partial charge on any atom is -0.497 e. The van der Waals surface area contributed by atoms with Crippen LogP contribution in [-0.4, -0.2) is 23.3 Å². The van der Waals surface area contributed by atoms with Crippen molar-refractivity contribution in [2.75, 3.05) is 12.4 Å². The number of aromatic amines is 1. The molecule has 2 heterocycles. The first-order valence-electron chi connectivity index (χ1n) is 8.61. The average Bonchev–Trinajstić information content (AvgIpc) is 2.61. The average molecular weight is 347 g/mol. The monoisotopic (exact) mass is 347 g/mol. The van der Waals surface area contributed by atoms with E-state index >= 15 is 0 Å². The molecule has 0 amide bonds. The molecule has 0 atom stereocenters. The maximum atomic E-state index is 11.7. The van der Waals surface area contributed by atoms with Gasteiger partial charge < -0.3 is 15.0 Å². The summed E-state index contributed by atoms with van der Waals surface area (Å²) in [6, 6.07) is 15.1. The molecule has 2 aromatic carbocycles. The molecule has 26 heavy (non-hydrogen) atoms. The summed E-state index contributed by atoms with van der Waals surface area (Å²) in [5, 5.41) is 4.58. The molecular weight excluding hydrogens is 326 g/mol. The molecule has 132 valence electrons. The van der Waals surface area contributed by atoms with Gasteiger partial charge in [0.05, 0.1) is 18.5 Å². The first-order chi connectivity index (χ1) is 12.4. The summed E-state index contributed by atoms with van der Waals surface area (Å²) in [5.74, 6) is 0.808. The highest BCUT2D eigenvalue weighted by molar-refractivity contribution is 6.17. The van der Waals surface area contributed by atoms with Crippen molar-refractivity contribution in [2.45, 2.75) is 25.8 Å². The van der Waals surface area contributed by atoms with Crippen molar-refractivity contribution in [3.8, 4) is 5.75 Å². The van der Waals surface area contributed by atoms with E-state index < -0.39 is 0 Å². The summed E-state index contributed by atoms with van der Waals surface area (Å²) >= 11 is 0. The van der Waals surface area contributed by atoms with Crippen molar-refractivity contribution < 1.29 is 4.74 Å². The van der Waals surface area contributed by atoms with Gasteiger partial charge in [0, 0.05) is 40.2 Å². The number of nitrogens with one attached hydrogen (secondary N) is 2. The van der Waals surface area contributed by atoms with Gasteiger partial charge in [-0.25, -0.2) is 0 Å². The lowest BCUT2D eigenvalue weighted by Crippen LogP contribution is -2.38. The Balaban J connectivity index is 1.92. The van der Waals surface area contributed by atoms with Gasteiger partial charge in [-0.2, -0.15) is 0 Å². The lowest BCUT2D eigenvalue weighted by Gasteiger charge is -2.35. The first kappa shape index (κ1) is 16.4. The second-order valence-electron chi connectivity index (χ2n) is 7.21. The molecule has 0 saturated heterocycles. The number of benzene rings is 2. The van der Waals surface area contributed by atoms with Crippen LogP contribution in [-0.2, 0) is 0 Å². The predicted molar refractivity (Wildman–Crippen MR) is 106 cm³/mol. The Morgan fingerprint density at radius 3 is 2.54 bits per heavy atom. The topological polar surface area (TPSA) is 66.5 Å². The number of fused-ring (bicyclic) bond motifs is 3. The molecule has 0 saturated carbocycles. The van der Waals surface area contributed by atoms with Crippen molar-refractivity contribution in [1.82, 2.24) is 4.98 Å². The Kier molecular flexibility index (Phi) is 3.80. The molecule has 0 aliphatic carbocycles. The zero-order chi connectivity index (χ0) is 18.3. The molecule has 2 N–H and O–H groups in total. The first-order valence-corrected chi connectivity index (χ1v) is 8.61. The number of hydrogen-bond acceptors (Lipinski definition) is 4. The third-order valence-electron chi connectivity index (χ3n) is 4.61. The quantitative estimate of drug-likeness (QED) is 0.728. The van der Waals surface area contributed by atoms with E-state index in [0.717, 1.165) is 45.7 Å². The van der Waals surface area contributed by atoms with Crippen LogP contribution < -0.4 is 15.6 Å². The number of H-pyrrole nitrogens is 1. The molecule has 5 nitrogen and oxygen atoms in total.